The summed E-state index contributed by atoms with van der Waals surface area (Å²) < 4.78 is 12.2. The highest BCUT2D eigenvalue weighted by Crippen LogP contribution is 2.17. The second kappa shape index (κ2) is 3.93. The van der Waals surface area contributed by atoms with Crippen LogP contribution in [0.2, 0.25) is 0 Å². The summed E-state index contributed by atoms with van der Waals surface area (Å²) in [6.45, 7) is 0. The van der Waals surface area contributed by atoms with E-state index in [0.29, 0.717) is 18.0 Å². The normalized spacial score (nSPS) is 10.9. The Morgan fingerprint density at radius 1 is 1.35 bits per heavy atom. The minimum Gasteiger partial charge on any atom is -0.493 e. The molecule has 0 aliphatic carbocycles. The average Bonchev–Trinajstić information content (AvgIpc) is 2.97. The van der Waals surface area contributed by atoms with Gasteiger partial charge in [0.25, 0.3) is 0 Å². The van der Waals surface area contributed by atoms with Gasteiger partial charge in [0.1, 0.15) is 5.76 Å². The van der Waals surface area contributed by atoms with Gasteiger partial charge in [-0.05, 0) is 24.3 Å². The summed E-state index contributed by atoms with van der Waals surface area (Å²) in [4.78, 5) is 4.43. The van der Waals surface area contributed by atoms with Crippen molar-refractivity contribution in [1.82, 2.24) is 14.6 Å². The molecule has 3 rings (SSSR count). The molecule has 17 heavy (non-hydrogen) atoms. The number of hydrogen-bond donors (Lipinski definition) is 0. The predicted molar refractivity (Wildman–Crippen MR) is 61.1 cm³/mol. The molecular formula is C12H11N3O2. The number of furan rings is 1. The van der Waals surface area contributed by atoms with Crippen LogP contribution < -0.4 is 4.74 Å². The van der Waals surface area contributed by atoms with E-state index < -0.39 is 0 Å². The first-order valence-corrected chi connectivity index (χ1v) is 5.27. The molecule has 3 heterocycles. The van der Waals surface area contributed by atoms with Crippen molar-refractivity contribution in [2.75, 3.05) is 7.11 Å². The third kappa shape index (κ3) is 1.75. The summed E-state index contributed by atoms with van der Waals surface area (Å²) >= 11 is 0. The smallest absolute Gasteiger partial charge is 0.198 e. The first kappa shape index (κ1) is 9.89. The summed E-state index contributed by atoms with van der Waals surface area (Å²) in [7, 11) is 1.62. The molecule has 0 unspecified atom stereocenters. The zero-order chi connectivity index (χ0) is 11.7. The van der Waals surface area contributed by atoms with Gasteiger partial charge in [-0.1, -0.05) is 0 Å². The van der Waals surface area contributed by atoms with Crippen molar-refractivity contribution < 1.29 is 9.15 Å². The lowest BCUT2D eigenvalue weighted by Gasteiger charge is -1.98. The van der Waals surface area contributed by atoms with E-state index in [1.807, 2.05) is 30.5 Å². The van der Waals surface area contributed by atoms with Crippen molar-refractivity contribution in [1.29, 1.82) is 0 Å². The predicted octanol–water partition coefficient (Wildman–Crippen LogP) is 1.92. The van der Waals surface area contributed by atoms with E-state index in [4.69, 9.17) is 9.15 Å². The van der Waals surface area contributed by atoms with Gasteiger partial charge < -0.3 is 9.15 Å². The minimum absolute atomic E-state index is 0.581. The van der Waals surface area contributed by atoms with E-state index in [9.17, 15) is 0 Å². The Hall–Kier alpha value is -2.30. The van der Waals surface area contributed by atoms with Crippen LogP contribution >= 0.6 is 0 Å². The maximum absolute atomic E-state index is 5.27. The molecule has 0 amide bonds. The molecular weight excluding hydrogens is 218 g/mol. The lowest BCUT2D eigenvalue weighted by molar-refractivity contribution is 0.416. The first-order chi connectivity index (χ1) is 8.36. The molecule has 0 saturated heterocycles. The Labute approximate surface area is 97.7 Å². The van der Waals surface area contributed by atoms with Crippen LogP contribution in [-0.4, -0.2) is 21.7 Å². The van der Waals surface area contributed by atoms with Gasteiger partial charge in [0.15, 0.2) is 17.2 Å². The van der Waals surface area contributed by atoms with E-state index >= 15 is 0 Å². The Kier molecular flexibility index (Phi) is 2.29. The number of nitrogens with zero attached hydrogens (tertiary/aromatic N) is 3. The van der Waals surface area contributed by atoms with Gasteiger partial charge in [-0.3, -0.25) is 0 Å². The van der Waals surface area contributed by atoms with Crippen molar-refractivity contribution >= 4 is 5.65 Å². The molecule has 0 aliphatic heterocycles. The van der Waals surface area contributed by atoms with E-state index in [1.165, 1.54) is 0 Å². The summed E-state index contributed by atoms with van der Waals surface area (Å²) in [5.74, 6) is 2.27. The molecule has 5 nitrogen and oxygen atoms in total. The number of rotatable bonds is 3. The molecule has 5 heteroatoms. The van der Waals surface area contributed by atoms with E-state index in [0.717, 1.165) is 11.4 Å². The summed E-state index contributed by atoms with van der Waals surface area (Å²) in [6, 6.07) is 7.49. The number of pyridine rings is 1. The highest BCUT2D eigenvalue weighted by Gasteiger charge is 2.09. The van der Waals surface area contributed by atoms with Crippen molar-refractivity contribution in [3.05, 3.63) is 48.3 Å². The van der Waals surface area contributed by atoms with E-state index in [1.54, 1.807) is 17.9 Å². The zero-order valence-electron chi connectivity index (χ0n) is 9.33. The Morgan fingerprint density at radius 2 is 2.29 bits per heavy atom. The van der Waals surface area contributed by atoms with Crippen LogP contribution in [0.3, 0.4) is 0 Å². The lowest BCUT2D eigenvalue weighted by atomic mass is 10.3. The van der Waals surface area contributed by atoms with Crippen LogP contribution in [0.5, 0.6) is 5.75 Å². The highest BCUT2D eigenvalue weighted by atomic mass is 16.5. The van der Waals surface area contributed by atoms with Gasteiger partial charge >= 0.3 is 0 Å². The van der Waals surface area contributed by atoms with Crippen LogP contribution in [-0.2, 0) is 6.42 Å². The molecule has 0 aromatic carbocycles. The molecule has 0 radical (unpaired) electrons. The topological polar surface area (TPSA) is 52.6 Å². The monoisotopic (exact) mass is 229 g/mol. The van der Waals surface area contributed by atoms with Gasteiger partial charge in [0.05, 0.1) is 19.8 Å². The highest BCUT2D eigenvalue weighted by molar-refractivity contribution is 5.52. The van der Waals surface area contributed by atoms with E-state index in [2.05, 4.69) is 10.1 Å². The quantitative estimate of drug-likeness (QED) is 0.688. The SMILES string of the molecule is COc1cccn2nc(Cc3ccco3)nc12. The van der Waals surface area contributed by atoms with Crippen molar-refractivity contribution in [2.45, 2.75) is 6.42 Å². The third-order valence-electron chi connectivity index (χ3n) is 2.50. The molecule has 0 saturated carbocycles. The standard InChI is InChI=1S/C12H11N3O2/c1-16-10-5-2-6-15-12(10)13-11(14-15)8-9-4-3-7-17-9/h2-7H,8H2,1H3. The van der Waals surface area contributed by atoms with Crippen LogP contribution in [0.15, 0.2) is 41.1 Å². The minimum atomic E-state index is 0.581. The average molecular weight is 229 g/mol. The largest absolute Gasteiger partial charge is 0.493 e. The maximum Gasteiger partial charge on any atom is 0.198 e. The molecule has 0 aliphatic rings. The van der Waals surface area contributed by atoms with Crippen LogP contribution in [0, 0.1) is 0 Å². The van der Waals surface area contributed by atoms with Crippen molar-refractivity contribution in [3.8, 4) is 5.75 Å². The molecule has 0 spiro atoms. The van der Waals surface area contributed by atoms with Gasteiger partial charge in [-0.2, -0.15) is 5.10 Å². The summed E-state index contributed by atoms with van der Waals surface area (Å²) in [5.41, 5.74) is 0.719. The second-order valence-corrected chi connectivity index (χ2v) is 3.63. The fraction of sp³-hybridized carbons (Fsp3) is 0.167. The van der Waals surface area contributed by atoms with Gasteiger partial charge in [0.2, 0.25) is 0 Å². The second-order valence-electron chi connectivity index (χ2n) is 3.63. The van der Waals surface area contributed by atoms with Crippen LogP contribution in [0.25, 0.3) is 5.65 Å². The summed E-state index contributed by atoms with van der Waals surface area (Å²) in [5, 5.41) is 4.36. The fourth-order valence-corrected chi connectivity index (χ4v) is 1.73. The number of methoxy groups -OCH3 is 1. The van der Waals surface area contributed by atoms with Crippen molar-refractivity contribution in [2.24, 2.45) is 0 Å². The summed E-state index contributed by atoms with van der Waals surface area (Å²) in [6.07, 6.45) is 4.07. The van der Waals surface area contributed by atoms with Crippen molar-refractivity contribution in [3.63, 3.8) is 0 Å². The number of aromatic nitrogens is 3. The van der Waals surface area contributed by atoms with Crippen LogP contribution in [0.4, 0.5) is 0 Å². The molecule has 86 valence electrons. The maximum atomic E-state index is 5.27. The first-order valence-electron chi connectivity index (χ1n) is 5.27. The number of hydrogen-bond acceptors (Lipinski definition) is 4. The van der Waals surface area contributed by atoms with Crippen LogP contribution in [0.1, 0.15) is 11.6 Å². The Balaban J connectivity index is 2.02. The molecule has 0 bridgehead atoms. The Bertz CT molecular complexity index is 628. The molecule has 0 fully saturated rings. The van der Waals surface area contributed by atoms with Gasteiger partial charge in [-0.25, -0.2) is 9.50 Å². The number of fused-ring (bicyclic) bond motifs is 1. The number of ether oxygens (including phenoxy) is 1. The van der Waals surface area contributed by atoms with Gasteiger partial charge in [-0.15, -0.1) is 0 Å². The zero-order valence-corrected chi connectivity index (χ0v) is 9.33. The third-order valence-corrected chi connectivity index (χ3v) is 2.50. The lowest BCUT2D eigenvalue weighted by Crippen LogP contribution is -1.91. The molecule has 0 atom stereocenters. The molecule has 3 aromatic rings. The van der Waals surface area contributed by atoms with Gasteiger partial charge in [0, 0.05) is 6.20 Å². The molecule has 3 aromatic heterocycles. The van der Waals surface area contributed by atoms with E-state index in [-0.39, 0.29) is 0 Å². The fourth-order valence-electron chi connectivity index (χ4n) is 1.73. The Morgan fingerprint density at radius 3 is 3.06 bits per heavy atom. The molecule has 0 N–H and O–H groups in total.